The van der Waals surface area contributed by atoms with Crippen LogP contribution in [0.2, 0.25) is 0 Å². The van der Waals surface area contributed by atoms with Crippen LogP contribution in [0.25, 0.3) is 22.3 Å². The Morgan fingerprint density at radius 3 is 2.41 bits per heavy atom. The highest BCUT2D eigenvalue weighted by atomic mass is 16.7. The van der Waals surface area contributed by atoms with Crippen molar-refractivity contribution in [3.05, 3.63) is 64.8 Å². The van der Waals surface area contributed by atoms with Gasteiger partial charge in [0.2, 0.25) is 6.29 Å². The third-order valence-electron chi connectivity index (χ3n) is 4.86. The molecule has 0 spiro atoms. The SMILES string of the molecule is O=c1cc(-c2ccccc2)oc2ccc(O[C@H]3O[C@@H](CO)[C@@H](O)[C@@H](O)[C@H]3O)cc12. The molecular weight excluding hydrogens is 380 g/mol. The Labute approximate surface area is 165 Å². The summed E-state index contributed by atoms with van der Waals surface area (Å²) < 4.78 is 16.7. The Morgan fingerprint density at radius 1 is 0.931 bits per heavy atom. The lowest BCUT2D eigenvalue weighted by atomic mass is 9.99. The number of aliphatic hydroxyl groups excluding tert-OH is 4. The van der Waals surface area contributed by atoms with Crippen LogP contribution in [0.1, 0.15) is 0 Å². The Kier molecular flexibility index (Phi) is 5.35. The van der Waals surface area contributed by atoms with Gasteiger partial charge in [0.05, 0.1) is 12.0 Å². The molecule has 0 saturated carbocycles. The molecule has 8 nitrogen and oxygen atoms in total. The average Bonchev–Trinajstić information content (AvgIpc) is 2.75. The molecule has 1 saturated heterocycles. The molecule has 1 aromatic heterocycles. The van der Waals surface area contributed by atoms with E-state index in [4.69, 9.17) is 13.9 Å². The molecule has 0 bridgehead atoms. The van der Waals surface area contributed by atoms with Crippen LogP contribution in [-0.4, -0.2) is 57.7 Å². The number of fused-ring (bicyclic) bond motifs is 1. The molecule has 0 radical (unpaired) electrons. The first-order chi connectivity index (χ1) is 14.0. The van der Waals surface area contributed by atoms with Crippen LogP contribution < -0.4 is 10.2 Å². The highest BCUT2D eigenvalue weighted by Crippen LogP contribution is 2.27. The second kappa shape index (κ2) is 7.94. The topological polar surface area (TPSA) is 130 Å². The van der Waals surface area contributed by atoms with Gasteiger partial charge in [-0.2, -0.15) is 0 Å². The summed E-state index contributed by atoms with van der Waals surface area (Å²) in [6.07, 6.45) is -6.99. The lowest BCUT2D eigenvalue weighted by molar-refractivity contribution is -0.277. The van der Waals surface area contributed by atoms with Crippen LogP contribution in [0.5, 0.6) is 5.75 Å². The molecular formula is C21H20O8. The van der Waals surface area contributed by atoms with Gasteiger partial charge >= 0.3 is 0 Å². The van der Waals surface area contributed by atoms with Crippen molar-refractivity contribution in [2.24, 2.45) is 0 Å². The molecule has 2 heterocycles. The van der Waals surface area contributed by atoms with Gasteiger partial charge in [-0.15, -0.1) is 0 Å². The summed E-state index contributed by atoms with van der Waals surface area (Å²) in [5, 5.41) is 39.3. The summed E-state index contributed by atoms with van der Waals surface area (Å²) in [6, 6.07) is 15.1. The molecule has 2 aromatic carbocycles. The fourth-order valence-corrected chi connectivity index (χ4v) is 3.25. The maximum Gasteiger partial charge on any atom is 0.229 e. The van der Waals surface area contributed by atoms with Gasteiger partial charge in [0, 0.05) is 11.6 Å². The Balaban J connectivity index is 1.63. The van der Waals surface area contributed by atoms with E-state index >= 15 is 0 Å². The summed E-state index contributed by atoms with van der Waals surface area (Å²) in [5.41, 5.74) is 0.856. The highest BCUT2D eigenvalue weighted by molar-refractivity contribution is 5.80. The van der Waals surface area contributed by atoms with E-state index in [-0.39, 0.29) is 16.6 Å². The number of benzene rings is 2. The molecule has 8 heteroatoms. The van der Waals surface area contributed by atoms with Crippen LogP contribution in [0, 0.1) is 0 Å². The summed E-state index contributed by atoms with van der Waals surface area (Å²) in [4.78, 5) is 12.6. The molecule has 1 aliphatic heterocycles. The van der Waals surface area contributed by atoms with Crippen LogP contribution in [0.3, 0.4) is 0 Å². The predicted octanol–water partition coefficient (Wildman–Crippen LogP) is 0.639. The molecule has 4 rings (SSSR count). The molecule has 0 aliphatic carbocycles. The Hall–Kier alpha value is -2.75. The van der Waals surface area contributed by atoms with E-state index in [1.165, 1.54) is 18.2 Å². The van der Waals surface area contributed by atoms with E-state index in [0.29, 0.717) is 11.3 Å². The molecule has 152 valence electrons. The molecule has 5 atom stereocenters. The summed E-state index contributed by atoms with van der Waals surface area (Å²) in [7, 11) is 0. The molecule has 3 aromatic rings. The third-order valence-corrected chi connectivity index (χ3v) is 4.86. The van der Waals surface area contributed by atoms with Gasteiger partial charge in [-0.3, -0.25) is 4.79 Å². The molecule has 0 amide bonds. The number of hydrogen-bond donors (Lipinski definition) is 4. The van der Waals surface area contributed by atoms with Crippen molar-refractivity contribution < 1.29 is 34.3 Å². The molecule has 1 aliphatic rings. The Bertz CT molecular complexity index is 1050. The number of rotatable bonds is 4. The van der Waals surface area contributed by atoms with Crippen molar-refractivity contribution in [1.82, 2.24) is 0 Å². The summed E-state index contributed by atoms with van der Waals surface area (Å²) in [6.45, 7) is -0.561. The molecule has 4 N–H and O–H groups in total. The van der Waals surface area contributed by atoms with E-state index in [2.05, 4.69) is 0 Å². The third kappa shape index (κ3) is 3.76. The van der Waals surface area contributed by atoms with E-state index in [0.717, 1.165) is 5.56 Å². The molecule has 0 unspecified atom stereocenters. The van der Waals surface area contributed by atoms with E-state index in [1.807, 2.05) is 30.3 Å². The van der Waals surface area contributed by atoms with Crippen LogP contribution in [0.4, 0.5) is 0 Å². The first-order valence-electron chi connectivity index (χ1n) is 9.08. The smallest absolute Gasteiger partial charge is 0.229 e. The van der Waals surface area contributed by atoms with Crippen molar-refractivity contribution in [3.63, 3.8) is 0 Å². The zero-order valence-electron chi connectivity index (χ0n) is 15.2. The fraction of sp³-hybridized carbons (Fsp3) is 0.286. The van der Waals surface area contributed by atoms with E-state index in [1.54, 1.807) is 6.07 Å². The largest absolute Gasteiger partial charge is 0.462 e. The normalized spacial score (nSPS) is 27.1. The minimum Gasteiger partial charge on any atom is -0.462 e. The van der Waals surface area contributed by atoms with Gasteiger partial charge in [0.15, 0.2) is 5.43 Å². The molecule has 1 fully saturated rings. The van der Waals surface area contributed by atoms with Gasteiger partial charge in [0.1, 0.15) is 41.5 Å². The lowest BCUT2D eigenvalue weighted by Crippen LogP contribution is -2.60. The van der Waals surface area contributed by atoms with Crippen LogP contribution >= 0.6 is 0 Å². The second-order valence-corrected chi connectivity index (χ2v) is 6.81. The lowest BCUT2D eigenvalue weighted by Gasteiger charge is -2.39. The van der Waals surface area contributed by atoms with Crippen molar-refractivity contribution in [1.29, 1.82) is 0 Å². The summed E-state index contributed by atoms with van der Waals surface area (Å²) in [5.74, 6) is 0.632. The van der Waals surface area contributed by atoms with Crippen LogP contribution in [-0.2, 0) is 4.74 Å². The van der Waals surface area contributed by atoms with Crippen LogP contribution in [0.15, 0.2) is 63.8 Å². The minimum atomic E-state index is -1.55. The highest BCUT2D eigenvalue weighted by Gasteiger charge is 2.44. The maximum absolute atomic E-state index is 12.6. The fourth-order valence-electron chi connectivity index (χ4n) is 3.25. The second-order valence-electron chi connectivity index (χ2n) is 6.81. The predicted molar refractivity (Wildman–Crippen MR) is 102 cm³/mol. The van der Waals surface area contributed by atoms with E-state index in [9.17, 15) is 25.2 Å². The van der Waals surface area contributed by atoms with Crippen molar-refractivity contribution >= 4 is 11.0 Å². The number of hydrogen-bond acceptors (Lipinski definition) is 8. The van der Waals surface area contributed by atoms with Gasteiger partial charge in [-0.1, -0.05) is 30.3 Å². The average molecular weight is 400 g/mol. The quantitative estimate of drug-likeness (QED) is 0.502. The monoisotopic (exact) mass is 400 g/mol. The Morgan fingerprint density at radius 2 is 1.69 bits per heavy atom. The van der Waals surface area contributed by atoms with Crippen molar-refractivity contribution in [2.75, 3.05) is 6.61 Å². The van der Waals surface area contributed by atoms with E-state index < -0.39 is 37.3 Å². The molecule has 29 heavy (non-hydrogen) atoms. The van der Waals surface area contributed by atoms with Crippen molar-refractivity contribution in [2.45, 2.75) is 30.7 Å². The van der Waals surface area contributed by atoms with Gasteiger partial charge in [-0.25, -0.2) is 0 Å². The zero-order valence-corrected chi connectivity index (χ0v) is 15.2. The van der Waals surface area contributed by atoms with Crippen molar-refractivity contribution in [3.8, 4) is 17.1 Å². The minimum absolute atomic E-state index is 0.196. The summed E-state index contributed by atoms with van der Waals surface area (Å²) >= 11 is 0. The van der Waals surface area contributed by atoms with Gasteiger partial charge < -0.3 is 34.3 Å². The number of aliphatic hydroxyl groups is 4. The first kappa shape index (κ1) is 19.6. The standard InChI is InChI=1S/C21H20O8/c22-10-17-18(24)19(25)20(26)21(29-17)27-12-6-7-15-13(8-12)14(23)9-16(28-15)11-4-2-1-3-5-11/h1-9,17-22,24-26H,10H2/t17-,18+,19+,20+,21-/m0/s1. The zero-order chi connectivity index (χ0) is 20.5. The number of ether oxygens (including phenoxy) is 2. The van der Waals surface area contributed by atoms with Gasteiger partial charge in [0.25, 0.3) is 0 Å². The van der Waals surface area contributed by atoms with Gasteiger partial charge in [-0.05, 0) is 18.2 Å². The maximum atomic E-state index is 12.6. The first-order valence-corrected chi connectivity index (χ1v) is 9.08.